The second-order valence-corrected chi connectivity index (χ2v) is 5.97. The van der Waals surface area contributed by atoms with Crippen molar-refractivity contribution in [2.45, 2.75) is 37.8 Å². The first-order chi connectivity index (χ1) is 11.6. The number of carbonyl (C=O) groups is 1. The minimum Gasteiger partial charge on any atom is -0.434 e. The predicted molar refractivity (Wildman–Crippen MR) is 86.9 cm³/mol. The van der Waals surface area contributed by atoms with E-state index >= 15 is 0 Å². The van der Waals surface area contributed by atoms with Gasteiger partial charge < -0.3 is 10.1 Å². The Bertz CT molecular complexity index is 700. The number of alkyl halides is 2. The monoisotopic (exact) mass is 331 g/mol. The molecular weight excluding hydrogens is 312 g/mol. The van der Waals surface area contributed by atoms with E-state index in [1.165, 1.54) is 6.07 Å². The average molecular weight is 331 g/mol. The molecule has 0 heterocycles. The molecule has 0 aromatic heterocycles. The Balaban J connectivity index is 1.72. The summed E-state index contributed by atoms with van der Waals surface area (Å²) in [7, 11) is 0. The quantitative estimate of drug-likeness (QED) is 0.868. The highest BCUT2D eigenvalue weighted by molar-refractivity contribution is 5.89. The number of hydrogen-bond acceptors (Lipinski definition) is 2. The number of para-hydroxylation sites is 1. The Kier molecular flexibility index (Phi) is 4.79. The summed E-state index contributed by atoms with van der Waals surface area (Å²) >= 11 is 0. The van der Waals surface area contributed by atoms with Crippen LogP contribution in [0.3, 0.4) is 0 Å². The second-order valence-electron chi connectivity index (χ2n) is 5.97. The van der Waals surface area contributed by atoms with Crippen LogP contribution >= 0.6 is 0 Å². The number of benzene rings is 2. The molecular formula is C19H19F2NO2. The Hall–Kier alpha value is -2.43. The molecule has 24 heavy (non-hydrogen) atoms. The summed E-state index contributed by atoms with van der Waals surface area (Å²) in [6.45, 7) is -2.72. The molecule has 0 spiro atoms. The second kappa shape index (κ2) is 6.99. The van der Waals surface area contributed by atoms with Gasteiger partial charge in [0.25, 0.3) is 0 Å². The molecule has 1 aliphatic carbocycles. The van der Waals surface area contributed by atoms with Crippen molar-refractivity contribution in [2.75, 3.05) is 0 Å². The molecule has 5 heteroatoms. The molecule has 1 aliphatic rings. The fourth-order valence-electron chi connectivity index (χ4n) is 3.14. The third-order valence-electron chi connectivity index (χ3n) is 4.60. The largest absolute Gasteiger partial charge is 0.434 e. The molecule has 0 aliphatic heterocycles. The summed E-state index contributed by atoms with van der Waals surface area (Å²) in [6.07, 6.45) is 2.61. The zero-order valence-corrected chi connectivity index (χ0v) is 13.2. The minimum atomic E-state index is -2.89. The standard InChI is InChI=1S/C19H19F2NO2/c20-18(21)24-16-10-5-4-7-14(16)13-22-17(23)19(11-6-12-19)15-8-2-1-3-9-15/h1-5,7-10,18H,6,11-13H2,(H,22,23). The van der Waals surface area contributed by atoms with Gasteiger partial charge in [0.1, 0.15) is 5.75 Å². The van der Waals surface area contributed by atoms with Gasteiger partial charge in [0.2, 0.25) is 5.91 Å². The van der Waals surface area contributed by atoms with Crippen molar-refractivity contribution >= 4 is 5.91 Å². The average Bonchev–Trinajstić information content (AvgIpc) is 2.53. The van der Waals surface area contributed by atoms with Gasteiger partial charge in [-0.05, 0) is 24.5 Å². The number of ether oxygens (including phenoxy) is 1. The van der Waals surface area contributed by atoms with Crippen molar-refractivity contribution in [1.29, 1.82) is 0 Å². The van der Waals surface area contributed by atoms with Crippen LogP contribution in [0.2, 0.25) is 0 Å². The molecule has 1 amide bonds. The van der Waals surface area contributed by atoms with Crippen LogP contribution in [0, 0.1) is 0 Å². The maximum absolute atomic E-state index is 12.8. The van der Waals surface area contributed by atoms with Crippen LogP contribution in [-0.4, -0.2) is 12.5 Å². The van der Waals surface area contributed by atoms with Crippen molar-refractivity contribution in [2.24, 2.45) is 0 Å². The van der Waals surface area contributed by atoms with Gasteiger partial charge in [0, 0.05) is 12.1 Å². The lowest BCUT2D eigenvalue weighted by atomic mass is 9.64. The Labute approximate surface area is 139 Å². The maximum atomic E-state index is 12.8. The lowest BCUT2D eigenvalue weighted by Crippen LogP contribution is -2.49. The van der Waals surface area contributed by atoms with Gasteiger partial charge in [0.15, 0.2) is 0 Å². The zero-order valence-electron chi connectivity index (χ0n) is 13.2. The summed E-state index contributed by atoms with van der Waals surface area (Å²) in [6, 6.07) is 16.2. The van der Waals surface area contributed by atoms with Gasteiger partial charge in [-0.3, -0.25) is 4.79 Å². The van der Waals surface area contributed by atoms with E-state index in [1.807, 2.05) is 30.3 Å². The molecule has 0 unspecified atom stereocenters. The molecule has 0 radical (unpaired) electrons. The Morgan fingerprint density at radius 1 is 1.08 bits per heavy atom. The number of halogens is 2. The predicted octanol–water partition coefficient (Wildman–Crippen LogP) is 4.03. The third kappa shape index (κ3) is 3.25. The number of carbonyl (C=O) groups excluding carboxylic acids is 1. The van der Waals surface area contributed by atoms with E-state index in [0.29, 0.717) is 5.56 Å². The minimum absolute atomic E-state index is 0.0631. The number of rotatable bonds is 6. The molecule has 3 nitrogen and oxygen atoms in total. The molecule has 126 valence electrons. The molecule has 1 N–H and O–H groups in total. The number of amides is 1. The van der Waals surface area contributed by atoms with Gasteiger partial charge in [0.05, 0.1) is 5.41 Å². The molecule has 0 atom stereocenters. The van der Waals surface area contributed by atoms with Crippen molar-refractivity contribution in [3.8, 4) is 5.75 Å². The fraction of sp³-hybridized carbons (Fsp3) is 0.316. The van der Waals surface area contributed by atoms with E-state index in [0.717, 1.165) is 24.8 Å². The van der Waals surface area contributed by atoms with Crippen LogP contribution in [0.5, 0.6) is 5.75 Å². The smallest absolute Gasteiger partial charge is 0.387 e. The lowest BCUT2D eigenvalue weighted by molar-refractivity contribution is -0.130. The van der Waals surface area contributed by atoms with Crippen LogP contribution in [-0.2, 0) is 16.8 Å². The topological polar surface area (TPSA) is 38.3 Å². The lowest BCUT2D eigenvalue weighted by Gasteiger charge is -2.40. The van der Waals surface area contributed by atoms with Crippen molar-refractivity contribution in [1.82, 2.24) is 5.32 Å². The highest BCUT2D eigenvalue weighted by Crippen LogP contribution is 2.44. The SMILES string of the molecule is O=C(NCc1ccccc1OC(F)F)C1(c2ccccc2)CCC1. The summed E-state index contributed by atoms with van der Waals surface area (Å²) in [4.78, 5) is 12.8. The molecule has 0 saturated heterocycles. The Morgan fingerprint density at radius 3 is 2.38 bits per heavy atom. The van der Waals surface area contributed by atoms with Gasteiger partial charge in [-0.25, -0.2) is 0 Å². The highest BCUT2D eigenvalue weighted by Gasteiger charge is 2.45. The summed E-state index contributed by atoms with van der Waals surface area (Å²) in [5, 5.41) is 2.89. The van der Waals surface area contributed by atoms with Crippen LogP contribution < -0.4 is 10.1 Å². The summed E-state index contributed by atoms with van der Waals surface area (Å²) < 4.78 is 29.4. The van der Waals surface area contributed by atoms with Gasteiger partial charge in [-0.2, -0.15) is 8.78 Å². The van der Waals surface area contributed by atoms with Crippen LogP contribution in [0.15, 0.2) is 54.6 Å². The van der Waals surface area contributed by atoms with Crippen LogP contribution in [0.1, 0.15) is 30.4 Å². The first-order valence-electron chi connectivity index (χ1n) is 7.98. The first kappa shape index (κ1) is 16.4. The van der Waals surface area contributed by atoms with Gasteiger partial charge >= 0.3 is 6.61 Å². The van der Waals surface area contributed by atoms with Crippen molar-refractivity contribution in [3.05, 3.63) is 65.7 Å². The third-order valence-corrected chi connectivity index (χ3v) is 4.60. The molecule has 0 bridgehead atoms. The van der Waals surface area contributed by atoms with E-state index in [9.17, 15) is 13.6 Å². The molecule has 2 aromatic carbocycles. The molecule has 3 rings (SSSR count). The van der Waals surface area contributed by atoms with Crippen LogP contribution in [0.25, 0.3) is 0 Å². The van der Waals surface area contributed by atoms with E-state index in [1.54, 1.807) is 18.2 Å². The van der Waals surface area contributed by atoms with E-state index in [2.05, 4.69) is 10.1 Å². The molecule has 1 fully saturated rings. The van der Waals surface area contributed by atoms with E-state index in [4.69, 9.17) is 0 Å². The highest BCUT2D eigenvalue weighted by atomic mass is 19.3. The fourth-order valence-corrected chi connectivity index (χ4v) is 3.14. The summed E-state index contributed by atoms with van der Waals surface area (Å²) in [5.74, 6) is 0.0296. The summed E-state index contributed by atoms with van der Waals surface area (Å²) in [5.41, 5.74) is 1.04. The van der Waals surface area contributed by atoms with Gasteiger partial charge in [-0.15, -0.1) is 0 Å². The Morgan fingerprint density at radius 2 is 1.75 bits per heavy atom. The zero-order chi connectivity index (χ0) is 17.0. The first-order valence-corrected chi connectivity index (χ1v) is 7.98. The number of hydrogen-bond donors (Lipinski definition) is 1. The molecule has 2 aromatic rings. The van der Waals surface area contributed by atoms with Gasteiger partial charge in [-0.1, -0.05) is 55.0 Å². The van der Waals surface area contributed by atoms with E-state index in [-0.39, 0.29) is 18.2 Å². The van der Waals surface area contributed by atoms with E-state index < -0.39 is 12.0 Å². The van der Waals surface area contributed by atoms with Crippen LogP contribution in [0.4, 0.5) is 8.78 Å². The number of nitrogens with one attached hydrogen (secondary N) is 1. The maximum Gasteiger partial charge on any atom is 0.387 e. The normalized spacial score (nSPS) is 15.6. The van der Waals surface area contributed by atoms with Crippen molar-refractivity contribution < 1.29 is 18.3 Å². The molecule has 1 saturated carbocycles. The van der Waals surface area contributed by atoms with Crippen molar-refractivity contribution in [3.63, 3.8) is 0 Å².